The minimum Gasteiger partial charge on any atom is -0.298 e. The zero-order valence-corrected chi connectivity index (χ0v) is 24.1. The predicted molar refractivity (Wildman–Crippen MR) is 159 cm³/mol. The van der Waals surface area contributed by atoms with E-state index in [0.717, 1.165) is 43.0 Å². The van der Waals surface area contributed by atoms with Gasteiger partial charge in [0.25, 0.3) is 0 Å². The Balaban J connectivity index is 0.000000215. The minimum absolute atomic E-state index is 0.00530. The van der Waals surface area contributed by atoms with Crippen LogP contribution in [-0.4, -0.2) is 17.9 Å². The molecule has 5 heteroatoms. The van der Waals surface area contributed by atoms with Crippen molar-refractivity contribution in [2.45, 2.75) is 20.8 Å². The number of rotatable bonds is 5. The van der Waals surface area contributed by atoms with Crippen molar-refractivity contribution in [3.8, 4) is 0 Å². The number of aryl methyl sites for hydroxylation is 2. The summed E-state index contributed by atoms with van der Waals surface area (Å²) in [5.41, 5.74) is 5.47. The molecule has 0 aliphatic heterocycles. The van der Waals surface area contributed by atoms with E-state index in [1.165, 1.54) is 0 Å². The molecule has 0 aliphatic carbocycles. The summed E-state index contributed by atoms with van der Waals surface area (Å²) < 4.78 is 1.72. The summed E-state index contributed by atoms with van der Waals surface area (Å²) in [7, 11) is 0. The first-order chi connectivity index (χ1) is 17.7. The van der Waals surface area contributed by atoms with Gasteiger partial charge in [0.15, 0.2) is 11.6 Å². The van der Waals surface area contributed by atoms with Crippen molar-refractivity contribution in [1.29, 1.82) is 0 Å². The summed E-state index contributed by atoms with van der Waals surface area (Å²) >= 11 is 6.75. The lowest BCUT2D eigenvalue weighted by atomic mass is 10.1. The highest BCUT2D eigenvalue weighted by molar-refractivity contribution is 9.10. The van der Waals surface area contributed by atoms with E-state index in [2.05, 4.69) is 31.9 Å². The summed E-state index contributed by atoms with van der Waals surface area (Å²) in [6.07, 6.45) is 4.26. The summed E-state index contributed by atoms with van der Waals surface area (Å²) in [6, 6.07) is 30.3. The number of carbonyl (C=O) groups excluding carboxylic acids is 3. The van der Waals surface area contributed by atoms with Gasteiger partial charge in [0.05, 0.1) is 0 Å². The van der Waals surface area contributed by atoms with E-state index in [9.17, 15) is 14.4 Å². The van der Waals surface area contributed by atoms with E-state index in [1.54, 1.807) is 25.1 Å². The highest BCUT2D eigenvalue weighted by Crippen LogP contribution is 2.20. The van der Waals surface area contributed by atoms with Gasteiger partial charge in [-0.05, 0) is 61.7 Å². The summed E-state index contributed by atoms with van der Waals surface area (Å²) in [6.45, 7) is 5.56. The summed E-state index contributed by atoms with van der Waals surface area (Å²) in [5, 5.41) is 0. The molecule has 0 aliphatic rings. The van der Waals surface area contributed by atoms with Crippen LogP contribution in [-0.2, 0) is 0 Å². The first-order valence-electron chi connectivity index (χ1n) is 11.5. The van der Waals surface area contributed by atoms with Gasteiger partial charge in [-0.2, -0.15) is 0 Å². The summed E-state index contributed by atoms with van der Waals surface area (Å²) in [5.74, 6) is 0.0996. The van der Waals surface area contributed by atoms with Crippen molar-refractivity contribution < 1.29 is 14.4 Å². The number of Topliss-reactive ketones (excluding diaryl/α,β-unsaturated/α-hetero) is 1. The Kier molecular flexibility index (Phi) is 12.6. The fraction of sp³-hybridized carbons (Fsp3) is 0.0938. The second-order valence-electron chi connectivity index (χ2n) is 8.16. The van der Waals surface area contributed by atoms with Crippen LogP contribution in [0.1, 0.15) is 54.7 Å². The predicted octanol–water partition coefficient (Wildman–Crippen LogP) is 9.11. The minimum atomic E-state index is 0.00530. The number of carbonyl (C=O) groups is 3. The van der Waals surface area contributed by atoms with Crippen molar-refractivity contribution in [3.63, 3.8) is 0 Å². The maximum Gasteiger partial charge on any atom is 0.186 e. The normalized spacial score (nSPS) is 9.97. The molecule has 0 atom stereocenters. The third kappa shape index (κ3) is 10.6. The molecular formula is C32H28Br2O3. The van der Waals surface area contributed by atoms with E-state index in [4.69, 9.17) is 0 Å². The number of aldehydes is 1. The first-order valence-corrected chi connectivity index (χ1v) is 13.1. The Morgan fingerprint density at radius 2 is 1.11 bits per heavy atom. The largest absolute Gasteiger partial charge is 0.298 e. The zero-order chi connectivity index (χ0) is 27.2. The van der Waals surface area contributed by atoms with Crippen molar-refractivity contribution in [2.24, 2.45) is 0 Å². The second kappa shape index (κ2) is 15.6. The van der Waals surface area contributed by atoms with Gasteiger partial charge in [0.2, 0.25) is 0 Å². The van der Waals surface area contributed by atoms with Gasteiger partial charge < -0.3 is 0 Å². The van der Waals surface area contributed by atoms with Crippen molar-refractivity contribution in [1.82, 2.24) is 0 Å². The van der Waals surface area contributed by atoms with Gasteiger partial charge in [0, 0.05) is 25.6 Å². The fourth-order valence-electron chi connectivity index (χ4n) is 3.08. The second-order valence-corrected chi connectivity index (χ2v) is 9.87. The quantitative estimate of drug-likeness (QED) is 0.127. The highest BCUT2D eigenvalue weighted by atomic mass is 79.9. The van der Waals surface area contributed by atoms with Crippen LogP contribution in [0, 0.1) is 13.8 Å². The number of halogens is 2. The molecule has 0 aromatic heterocycles. The Bertz CT molecular complexity index is 1360. The van der Waals surface area contributed by atoms with E-state index in [1.807, 2.05) is 105 Å². The molecule has 4 rings (SSSR count). The molecule has 188 valence electrons. The molecule has 0 spiro atoms. The molecule has 3 nitrogen and oxygen atoms in total. The SMILES string of the molecule is CC(=O)c1ccc(C)cc1Br.Cc1ccc(C(=O)/C=C/c2ccccc2)c(Br)c1.O=Cc1ccccc1. The molecule has 37 heavy (non-hydrogen) atoms. The molecule has 0 bridgehead atoms. The number of hydrogen-bond acceptors (Lipinski definition) is 3. The van der Waals surface area contributed by atoms with Crippen LogP contribution in [0.2, 0.25) is 0 Å². The third-order valence-corrected chi connectivity index (χ3v) is 6.37. The Labute approximate surface area is 235 Å². The van der Waals surface area contributed by atoms with Gasteiger partial charge in [0.1, 0.15) is 6.29 Å². The molecular weight excluding hydrogens is 592 g/mol. The molecule has 0 saturated carbocycles. The molecule has 0 fully saturated rings. The summed E-state index contributed by atoms with van der Waals surface area (Å²) in [4.78, 5) is 33.0. The van der Waals surface area contributed by atoms with E-state index in [0.29, 0.717) is 5.56 Å². The number of hydrogen-bond donors (Lipinski definition) is 0. The van der Waals surface area contributed by atoms with Gasteiger partial charge in [-0.15, -0.1) is 0 Å². The Hall–Kier alpha value is -3.41. The molecule has 0 radical (unpaired) electrons. The van der Waals surface area contributed by atoms with E-state index < -0.39 is 0 Å². The first kappa shape index (κ1) is 29.8. The van der Waals surface area contributed by atoms with Crippen molar-refractivity contribution in [3.05, 3.63) is 145 Å². The average molecular weight is 620 g/mol. The van der Waals surface area contributed by atoms with Crippen LogP contribution in [0.3, 0.4) is 0 Å². The third-order valence-electron chi connectivity index (χ3n) is 5.06. The lowest BCUT2D eigenvalue weighted by Gasteiger charge is -2.01. The van der Waals surface area contributed by atoms with Gasteiger partial charge >= 0.3 is 0 Å². The van der Waals surface area contributed by atoms with E-state index in [-0.39, 0.29) is 11.6 Å². The van der Waals surface area contributed by atoms with Crippen LogP contribution in [0.5, 0.6) is 0 Å². The average Bonchev–Trinajstić information content (AvgIpc) is 2.89. The molecule has 0 amide bonds. The van der Waals surface area contributed by atoms with Gasteiger partial charge in [-0.3, -0.25) is 14.4 Å². The molecule has 4 aromatic carbocycles. The maximum absolute atomic E-state index is 12.0. The lowest BCUT2D eigenvalue weighted by Crippen LogP contribution is -1.95. The van der Waals surface area contributed by atoms with Crippen LogP contribution in [0.25, 0.3) is 6.08 Å². The van der Waals surface area contributed by atoms with Crippen LogP contribution in [0.15, 0.2) is 112 Å². The molecule has 0 N–H and O–H groups in total. The van der Waals surface area contributed by atoms with Crippen molar-refractivity contribution in [2.75, 3.05) is 0 Å². The molecule has 0 unspecified atom stereocenters. The maximum atomic E-state index is 12.0. The highest BCUT2D eigenvalue weighted by Gasteiger charge is 2.06. The van der Waals surface area contributed by atoms with Crippen molar-refractivity contribution >= 4 is 55.8 Å². The van der Waals surface area contributed by atoms with Crippen LogP contribution < -0.4 is 0 Å². The lowest BCUT2D eigenvalue weighted by molar-refractivity contribution is 0.101. The Morgan fingerprint density at radius 3 is 1.51 bits per heavy atom. The van der Waals surface area contributed by atoms with Gasteiger partial charge in [-0.1, -0.05) is 117 Å². The smallest absolute Gasteiger partial charge is 0.186 e. The van der Waals surface area contributed by atoms with E-state index >= 15 is 0 Å². The zero-order valence-electron chi connectivity index (χ0n) is 21.0. The molecule has 0 saturated heterocycles. The van der Waals surface area contributed by atoms with Gasteiger partial charge in [-0.25, -0.2) is 0 Å². The van der Waals surface area contributed by atoms with Crippen LogP contribution in [0.4, 0.5) is 0 Å². The molecule has 4 aromatic rings. The number of ketones is 2. The number of allylic oxidation sites excluding steroid dienone is 1. The topological polar surface area (TPSA) is 51.2 Å². The molecule has 0 heterocycles. The van der Waals surface area contributed by atoms with Crippen LogP contribution >= 0.6 is 31.9 Å². The fourth-order valence-corrected chi connectivity index (χ4v) is 4.54. The Morgan fingerprint density at radius 1 is 0.649 bits per heavy atom. The standard InChI is InChI=1S/C16H13BrO.C9H9BrO.C7H6O/c1-12-7-9-14(15(17)11-12)16(18)10-8-13-5-3-2-4-6-13;1-6-3-4-8(7(2)11)9(10)5-6;8-6-7-4-2-1-3-5-7/h2-11H,1H3;3-5H,1-2H3;1-6H/b10-8+;;. The monoisotopic (exact) mass is 618 g/mol. The number of benzene rings is 4.